The Labute approximate surface area is 157 Å². The van der Waals surface area contributed by atoms with Crippen LogP contribution in [0.5, 0.6) is 5.88 Å². The Bertz CT molecular complexity index is 1050. The fourth-order valence-corrected chi connectivity index (χ4v) is 2.53. The molecule has 0 saturated carbocycles. The van der Waals surface area contributed by atoms with Gasteiger partial charge in [-0.2, -0.15) is 10.1 Å². The second-order valence-corrected chi connectivity index (χ2v) is 5.73. The van der Waals surface area contributed by atoms with Gasteiger partial charge in [0.15, 0.2) is 5.82 Å². The number of nitrogens with zero attached hydrogens (tertiary/aromatic N) is 5. The van der Waals surface area contributed by atoms with E-state index in [0.717, 1.165) is 12.5 Å². The molecule has 28 heavy (non-hydrogen) atoms. The predicted octanol–water partition coefficient (Wildman–Crippen LogP) is 2.21. The number of aliphatic hydroxyl groups is 1. The predicted molar refractivity (Wildman–Crippen MR) is 95.8 cm³/mol. The molecular weight excluding hydrogens is 371 g/mol. The minimum atomic E-state index is -0.816. The molecule has 1 atom stereocenters. The van der Waals surface area contributed by atoms with Crippen LogP contribution in [0, 0.1) is 15.9 Å². The minimum Gasteiger partial charge on any atom is -0.516 e. The van der Waals surface area contributed by atoms with Crippen molar-refractivity contribution >= 4 is 5.69 Å². The third-order valence-electron chi connectivity index (χ3n) is 3.90. The van der Waals surface area contributed by atoms with E-state index in [-0.39, 0.29) is 18.1 Å². The molecule has 2 heterocycles. The van der Waals surface area contributed by atoms with Crippen LogP contribution >= 0.6 is 0 Å². The lowest BCUT2D eigenvalue weighted by molar-refractivity contribution is -0.386. The number of nitrogens with two attached hydrogens (primary N) is 1. The number of aromatic nitrogens is 4. The van der Waals surface area contributed by atoms with Gasteiger partial charge in [-0.15, -0.1) is 0 Å². The van der Waals surface area contributed by atoms with E-state index in [4.69, 9.17) is 10.8 Å². The van der Waals surface area contributed by atoms with Gasteiger partial charge in [0.1, 0.15) is 17.7 Å². The molecule has 2 aromatic heterocycles. The molecule has 0 aliphatic carbocycles. The minimum absolute atomic E-state index is 0.0357. The topological polar surface area (TPSA) is 153 Å². The lowest BCUT2D eigenvalue weighted by Crippen LogP contribution is -2.15. The summed E-state index contributed by atoms with van der Waals surface area (Å²) in [5, 5.41) is 33.8. The van der Waals surface area contributed by atoms with Crippen molar-refractivity contribution in [2.75, 3.05) is 0 Å². The van der Waals surface area contributed by atoms with Crippen molar-refractivity contribution in [3.05, 3.63) is 76.1 Å². The first-order valence-electron chi connectivity index (χ1n) is 7.99. The maximum atomic E-state index is 14.0. The number of aromatic hydroxyl groups is 1. The molecule has 0 aliphatic heterocycles. The summed E-state index contributed by atoms with van der Waals surface area (Å²) in [6.07, 6.45) is 2.94. The van der Waals surface area contributed by atoms with Gasteiger partial charge < -0.3 is 15.9 Å². The van der Waals surface area contributed by atoms with E-state index in [1.807, 2.05) is 0 Å². The van der Waals surface area contributed by atoms with E-state index in [1.54, 1.807) is 18.2 Å². The third-order valence-corrected chi connectivity index (χ3v) is 3.90. The van der Waals surface area contributed by atoms with Crippen LogP contribution in [0.4, 0.5) is 10.1 Å². The van der Waals surface area contributed by atoms with Gasteiger partial charge in [-0.25, -0.2) is 9.37 Å². The number of rotatable bonds is 6. The number of benzene rings is 1. The Balaban J connectivity index is 2.05. The van der Waals surface area contributed by atoms with Crippen LogP contribution in [0.1, 0.15) is 17.3 Å². The normalized spacial score (nSPS) is 12.4. The first-order valence-corrected chi connectivity index (χ1v) is 7.99. The van der Waals surface area contributed by atoms with Gasteiger partial charge in [-0.3, -0.25) is 14.8 Å². The second-order valence-electron chi connectivity index (χ2n) is 5.73. The standard InChI is InChI=1S/C17H15FN6O4/c18-11-4-2-1-3-10(11)9-23-14(12(19)5-6-25)7-13(22-23)16-20-8-15(24(27)28)17(26)21-16/h1-8,12,25H,9,19H2,(H,20,21,26)/b6-5-. The Morgan fingerprint density at radius 1 is 1.39 bits per heavy atom. The Kier molecular flexibility index (Phi) is 5.27. The number of aliphatic hydroxyl groups excluding tert-OH is 1. The fraction of sp³-hybridized carbons (Fsp3) is 0.118. The summed E-state index contributed by atoms with van der Waals surface area (Å²) in [6.45, 7) is 0.0357. The van der Waals surface area contributed by atoms with Crippen LogP contribution in [-0.2, 0) is 6.54 Å². The van der Waals surface area contributed by atoms with Gasteiger partial charge in [0.2, 0.25) is 0 Å². The number of nitro groups is 1. The average molecular weight is 386 g/mol. The Morgan fingerprint density at radius 3 is 2.79 bits per heavy atom. The molecule has 3 aromatic rings. The monoisotopic (exact) mass is 386 g/mol. The fourth-order valence-electron chi connectivity index (χ4n) is 2.53. The maximum absolute atomic E-state index is 14.0. The van der Waals surface area contributed by atoms with E-state index in [1.165, 1.54) is 22.9 Å². The number of hydrogen-bond donors (Lipinski definition) is 3. The van der Waals surface area contributed by atoms with Gasteiger partial charge in [-0.1, -0.05) is 18.2 Å². The quantitative estimate of drug-likeness (QED) is 0.331. The molecule has 4 N–H and O–H groups in total. The number of halogens is 1. The smallest absolute Gasteiger partial charge is 0.348 e. The summed E-state index contributed by atoms with van der Waals surface area (Å²) in [7, 11) is 0. The lowest BCUT2D eigenvalue weighted by atomic mass is 10.1. The highest BCUT2D eigenvalue weighted by Gasteiger charge is 2.21. The van der Waals surface area contributed by atoms with Crippen LogP contribution in [0.25, 0.3) is 11.5 Å². The van der Waals surface area contributed by atoms with Crippen LogP contribution in [0.2, 0.25) is 0 Å². The Hall–Kier alpha value is -3.86. The Morgan fingerprint density at radius 2 is 2.14 bits per heavy atom. The van der Waals surface area contributed by atoms with Gasteiger partial charge in [0.25, 0.3) is 5.88 Å². The molecule has 0 fully saturated rings. The van der Waals surface area contributed by atoms with Crippen molar-refractivity contribution < 1.29 is 19.5 Å². The van der Waals surface area contributed by atoms with Crippen molar-refractivity contribution in [3.63, 3.8) is 0 Å². The van der Waals surface area contributed by atoms with E-state index >= 15 is 0 Å². The third kappa shape index (κ3) is 3.78. The van der Waals surface area contributed by atoms with Crippen LogP contribution < -0.4 is 5.73 Å². The van der Waals surface area contributed by atoms with Crippen molar-refractivity contribution in [3.8, 4) is 17.4 Å². The molecule has 11 heteroatoms. The molecule has 0 spiro atoms. The molecule has 3 rings (SSSR count). The molecule has 144 valence electrons. The molecule has 0 saturated heterocycles. The lowest BCUT2D eigenvalue weighted by Gasteiger charge is -2.11. The molecule has 1 aromatic carbocycles. The average Bonchev–Trinajstić information content (AvgIpc) is 3.07. The second kappa shape index (κ2) is 7.80. The largest absolute Gasteiger partial charge is 0.516 e. The van der Waals surface area contributed by atoms with E-state index in [2.05, 4.69) is 15.1 Å². The first-order chi connectivity index (χ1) is 13.4. The van der Waals surface area contributed by atoms with E-state index < -0.39 is 28.3 Å². The highest BCUT2D eigenvalue weighted by molar-refractivity contribution is 5.53. The van der Waals surface area contributed by atoms with Crippen LogP contribution in [-0.4, -0.2) is 34.9 Å². The van der Waals surface area contributed by atoms with Crippen molar-refractivity contribution in [1.29, 1.82) is 0 Å². The molecule has 0 radical (unpaired) electrons. The molecule has 0 aliphatic rings. The zero-order valence-electron chi connectivity index (χ0n) is 14.3. The van der Waals surface area contributed by atoms with Crippen LogP contribution in [0.3, 0.4) is 0 Å². The zero-order valence-corrected chi connectivity index (χ0v) is 14.3. The van der Waals surface area contributed by atoms with Crippen molar-refractivity contribution in [1.82, 2.24) is 19.7 Å². The highest BCUT2D eigenvalue weighted by Crippen LogP contribution is 2.26. The molecular formula is C17H15FN6O4. The van der Waals surface area contributed by atoms with E-state index in [0.29, 0.717) is 11.3 Å². The molecule has 0 amide bonds. The molecule has 0 bridgehead atoms. The van der Waals surface area contributed by atoms with Gasteiger partial charge in [0.05, 0.1) is 29.5 Å². The SMILES string of the molecule is NC(/C=C\O)c1cc(-c2ncc([N+](=O)[O-])c(O)n2)nn1Cc1ccccc1F. The number of hydrogen-bond acceptors (Lipinski definition) is 8. The summed E-state index contributed by atoms with van der Waals surface area (Å²) in [5.74, 6) is -1.31. The summed E-state index contributed by atoms with van der Waals surface area (Å²) < 4.78 is 15.4. The molecule has 10 nitrogen and oxygen atoms in total. The summed E-state index contributed by atoms with van der Waals surface area (Å²) >= 11 is 0. The maximum Gasteiger partial charge on any atom is 0.348 e. The summed E-state index contributed by atoms with van der Waals surface area (Å²) in [5.41, 5.74) is 6.28. The van der Waals surface area contributed by atoms with Crippen LogP contribution in [0.15, 0.2) is 48.9 Å². The molecule has 1 unspecified atom stereocenters. The van der Waals surface area contributed by atoms with Gasteiger partial charge in [0, 0.05) is 5.56 Å². The zero-order chi connectivity index (χ0) is 20.3. The highest BCUT2D eigenvalue weighted by atomic mass is 19.1. The summed E-state index contributed by atoms with van der Waals surface area (Å²) in [4.78, 5) is 17.5. The van der Waals surface area contributed by atoms with Crippen molar-refractivity contribution in [2.24, 2.45) is 5.73 Å². The first kappa shape index (κ1) is 18.9. The summed E-state index contributed by atoms with van der Waals surface area (Å²) in [6, 6.07) is 6.85. The van der Waals surface area contributed by atoms with Crippen molar-refractivity contribution in [2.45, 2.75) is 12.6 Å². The van der Waals surface area contributed by atoms with E-state index in [9.17, 15) is 19.6 Å². The van der Waals surface area contributed by atoms with Gasteiger partial charge in [-0.05, 0) is 18.2 Å². The van der Waals surface area contributed by atoms with Gasteiger partial charge >= 0.3 is 5.69 Å².